The first kappa shape index (κ1) is 35.8. The van der Waals surface area contributed by atoms with Gasteiger partial charge in [-0.15, -0.1) is 0 Å². The Balaban J connectivity index is 2.21. The number of amides is 1. The zero-order valence-electron chi connectivity index (χ0n) is 25.2. The van der Waals surface area contributed by atoms with Gasteiger partial charge in [0.2, 0.25) is 5.91 Å². The van der Waals surface area contributed by atoms with Crippen LogP contribution in [0.4, 0.5) is 0 Å². The van der Waals surface area contributed by atoms with Crippen LogP contribution in [0.5, 0.6) is 0 Å². The van der Waals surface area contributed by atoms with Gasteiger partial charge in [-0.1, -0.05) is 66.2 Å². The molecule has 0 aromatic rings. The normalized spacial score (nSPS) is 35.5. The monoisotopic (exact) mass is 591 g/mol. The Morgan fingerprint density at radius 1 is 0.927 bits per heavy atom. The summed E-state index contributed by atoms with van der Waals surface area (Å²) in [7, 11) is 0. The molecule has 240 valence electrons. The molecular formula is C29H53NO11. The molecule has 12 atom stereocenters. The number of rotatable bonds is 17. The van der Waals surface area contributed by atoms with Crippen molar-refractivity contribution in [1.82, 2.24) is 5.32 Å². The van der Waals surface area contributed by atoms with E-state index in [2.05, 4.69) is 12.2 Å². The van der Waals surface area contributed by atoms with Crippen LogP contribution < -0.4 is 5.32 Å². The average molecular weight is 592 g/mol. The summed E-state index contributed by atoms with van der Waals surface area (Å²) in [6.45, 7) is 9.12. The van der Waals surface area contributed by atoms with E-state index >= 15 is 0 Å². The first-order chi connectivity index (χ1) is 19.5. The van der Waals surface area contributed by atoms with E-state index in [4.69, 9.17) is 18.9 Å². The molecule has 0 saturated carbocycles. The van der Waals surface area contributed by atoms with Crippen LogP contribution >= 0.6 is 0 Å². The van der Waals surface area contributed by atoms with Crippen LogP contribution in [0.3, 0.4) is 0 Å². The second-order valence-corrected chi connectivity index (χ2v) is 11.6. The molecule has 0 bridgehead atoms. The highest BCUT2D eigenvalue weighted by Gasteiger charge is 2.53. The molecule has 0 aromatic heterocycles. The molecule has 2 fully saturated rings. The Morgan fingerprint density at radius 3 is 2.20 bits per heavy atom. The number of ether oxygens (including phenoxy) is 4. The molecule has 12 nitrogen and oxygen atoms in total. The lowest BCUT2D eigenvalue weighted by atomic mass is 9.92. The average Bonchev–Trinajstić information content (AvgIpc) is 2.93. The molecule has 2 heterocycles. The molecule has 2 rings (SSSR count). The van der Waals surface area contributed by atoms with Crippen molar-refractivity contribution in [1.29, 1.82) is 0 Å². The number of carbonyl (C=O) groups is 2. The van der Waals surface area contributed by atoms with Gasteiger partial charge >= 0.3 is 5.97 Å². The summed E-state index contributed by atoms with van der Waals surface area (Å²) in [5.41, 5.74) is 0. The molecule has 0 aromatic carbocycles. The van der Waals surface area contributed by atoms with E-state index in [0.717, 1.165) is 38.5 Å². The molecule has 2 saturated heterocycles. The Morgan fingerprint density at radius 2 is 1.61 bits per heavy atom. The maximum atomic E-state index is 12.9. The first-order valence-electron chi connectivity index (χ1n) is 15.3. The Bertz CT molecular complexity index is 786. The maximum absolute atomic E-state index is 12.9. The van der Waals surface area contributed by atoms with E-state index in [1.807, 2.05) is 20.8 Å². The molecule has 2 aliphatic rings. The van der Waals surface area contributed by atoms with Crippen LogP contribution in [0.1, 0.15) is 92.4 Å². The van der Waals surface area contributed by atoms with Crippen molar-refractivity contribution in [2.45, 2.75) is 160 Å². The number of aliphatic hydroxyl groups is 4. The van der Waals surface area contributed by atoms with Crippen molar-refractivity contribution in [2.75, 3.05) is 6.61 Å². The van der Waals surface area contributed by atoms with Crippen LogP contribution in [-0.4, -0.2) is 111 Å². The fraction of sp³-hybridized carbons (Fsp3) is 0.931. The molecule has 41 heavy (non-hydrogen) atoms. The Hall–Kier alpha value is -1.38. The van der Waals surface area contributed by atoms with Gasteiger partial charge in [0, 0.05) is 6.42 Å². The Kier molecular flexibility index (Phi) is 15.4. The van der Waals surface area contributed by atoms with Crippen LogP contribution in [-0.2, 0) is 28.5 Å². The van der Waals surface area contributed by atoms with Crippen molar-refractivity contribution in [3.63, 3.8) is 0 Å². The smallest absolute Gasteiger partial charge is 0.335 e. The van der Waals surface area contributed by atoms with Gasteiger partial charge < -0.3 is 49.8 Å². The molecule has 8 unspecified atom stereocenters. The summed E-state index contributed by atoms with van der Waals surface area (Å²) in [6.07, 6.45) is -5.52. The van der Waals surface area contributed by atoms with Crippen molar-refractivity contribution >= 4 is 11.9 Å². The van der Waals surface area contributed by atoms with Gasteiger partial charge in [-0.05, 0) is 25.7 Å². The number of hydrogen-bond acceptors (Lipinski definition) is 10. The van der Waals surface area contributed by atoms with Crippen LogP contribution in [0.15, 0.2) is 0 Å². The van der Waals surface area contributed by atoms with Gasteiger partial charge in [0.25, 0.3) is 0 Å². The number of carboxylic acids is 1. The number of aliphatic hydroxyl groups excluding tert-OH is 4. The molecule has 1 amide bonds. The molecule has 12 heteroatoms. The van der Waals surface area contributed by atoms with Gasteiger partial charge in [-0.3, -0.25) is 4.79 Å². The third-order valence-corrected chi connectivity index (χ3v) is 8.07. The minimum absolute atomic E-state index is 0.132. The van der Waals surface area contributed by atoms with Gasteiger partial charge in [-0.25, -0.2) is 4.79 Å². The number of unbranched alkanes of at least 4 members (excludes halogenated alkanes) is 3. The quantitative estimate of drug-likeness (QED) is 0.135. The highest BCUT2D eigenvalue weighted by Crippen LogP contribution is 2.31. The highest BCUT2D eigenvalue weighted by atomic mass is 16.7. The number of carboxylic acid groups (broad SMARTS) is 1. The van der Waals surface area contributed by atoms with Gasteiger partial charge in [0.15, 0.2) is 12.4 Å². The molecule has 0 aliphatic carbocycles. The third-order valence-electron chi connectivity index (χ3n) is 8.07. The maximum Gasteiger partial charge on any atom is 0.335 e. The highest BCUT2D eigenvalue weighted by molar-refractivity contribution is 5.76. The topological polar surface area (TPSA) is 184 Å². The largest absolute Gasteiger partial charge is 0.479 e. The number of nitrogens with one attached hydrogen (secondary N) is 1. The summed E-state index contributed by atoms with van der Waals surface area (Å²) in [6, 6.07) is -0.910. The minimum Gasteiger partial charge on any atom is -0.479 e. The predicted molar refractivity (Wildman–Crippen MR) is 149 cm³/mol. The van der Waals surface area contributed by atoms with E-state index in [9.17, 15) is 35.1 Å². The molecular weight excluding hydrogens is 538 g/mol. The fourth-order valence-electron chi connectivity index (χ4n) is 5.53. The fourth-order valence-corrected chi connectivity index (χ4v) is 5.53. The zero-order valence-corrected chi connectivity index (χ0v) is 25.2. The van der Waals surface area contributed by atoms with E-state index in [1.54, 1.807) is 6.92 Å². The number of carbonyl (C=O) groups excluding carboxylic acids is 1. The lowest BCUT2D eigenvalue weighted by Crippen LogP contribution is -2.67. The first-order valence-corrected chi connectivity index (χ1v) is 15.3. The van der Waals surface area contributed by atoms with Crippen LogP contribution in [0.25, 0.3) is 0 Å². The van der Waals surface area contributed by atoms with Crippen LogP contribution in [0, 0.1) is 5.92 Å². The predicted octanol–water partition coefficient (Wildman–Crippen LogP) is 1.49. The molecule has 6 N–H and O–H groups in total. The summed E-state index contributed by atoms with van der Waals surface area (Å²) in [5.74, 6) is -1.56. The van der Waals surface area contributed by atoms with Gasteiger partial charge in [0.1, 0.15) is 36.6 Å². The second-order valence-electron chi connectivity index (χ2n) is 11.6. The summed E-state index contributed by atoms with van der Waals surface area (Å²) in [4.78, 5) is 25.1. The van der Waals surface area contributed by atoms with Crippen molar-refractivity contribution in [3.8, 4) is 0 Å². The third kappa shape index (κ3) is 10.1. The summed E-state index contributed by atoms with van der Waals surface area (Å²) in [5, 5.41) is 55.4. The second kappa shape index (κ2) is 17.7. The van der Waals surface area contributed by atoms with E-state index in [1.165, 1.54) is 0 Å². The number of hydrogen-bond donors (Lipinski definition) is 6. The van der Waals surface area contributed by atoms with Crippen molar-refractivity contribution < 1.29 is 54.1 Å². The zero-order chi connectivity index (χ0) is 30.7. The Labute approximate surface area is 243 Å². The van der Waals surface area contributed by atoms with Gasteiger partial charge in [0.05, 0.1) is 24.9 Å². The SMILES string of the molecule is CCCCCC(C)CC(=O)NC1C(C)OC(CO)[C@@H](O)C1O[C@@H]1OC(C(=O)O)[C@@H](O[C@H](CC)CCCC)C(O)C1O. The lowest BCUT2D eigenvalue weighted by Gasteiger charge is -2.47. The van der Waals surface area contributed by atoms with E-state index in [-0.39, 0.29) is 24.3 Å². The summed E-state index contributed by atoms with van der Waals surface area (Å²) < 4.78 is 23.2. The van der Waals surface area contributed by atoms with Gasteiger partial charge in [-0.2, -0.15) is 0 Å². The minimum atomic E-state index is -1.72. The lowest BCUT2D eigenvalue weighted by molar-refractivity contribution is -0.332. The van der Waals surface area contributed by atoms with Crippen molar-refractivity contribution in [3.05, 3.63) is 0 Å². The van der Waals surface area contributed by atoms with E-state index in [0.29, 0.717) is 12.8 Å². The molecule has 0 radical (unpaired) electrons. The van der Waals surface area contributed by atoms with Crippen LogP contribution in [0.2, 0.25) is 0 Å². The van der Waals surface area contributed by atoms with E-state index < -0.39 is 73.7 Å². The number of aliphatic carboxylic acids is 1. The molecule has 2 aliphatic heterocycles. The molecule has 0 spiro atoms. The standard InChI is InChI=1S/C29H53NO11/c1-6-9-11-12-16(4)14-20(32)30-21-17(5)38-19(15-31)22(33)25(21)40-29-24(35)23(34)26(27(41-29)28(36)37)39-18(8-3)13-10-7-2/h16-19,21-27,29,31,33-35H,6-15H2,1-5H3,(H,30,32)(H,36,37)/t16?,17?,18-,19?,21?,22-,23?,24?,25?,26+,27?,29-/m1/s1. The van der Waals surface area contributed by atoms with Crippen molar-refractivity contribution in [2.24, 2.45) is 5.92 Å². The summed E-state index contributed by atoms with van der Waals surface area (Å²) >= 11 is 0.